The Balaban J connectivity index is 2.11. The Bertz CT molecular complexity index is 779. The minimum absolute atomic E-state index is 0.334. The molecule has 0 spiro atoms. The van der Waals surface area contributed by atoms with Crippen LogP contribution in [-0.2, 0) is 11.2 Å². The summed E-state index contributed by atoms with van der Waals surface area (Å²) in [5, 5.41) is 0. The zero-order valence-electron chi connectivity index (χ0n) is 12.4. The van der Waals surface area contributed by atoms with Crippen molar-refractivity contribution in [3.05, 3.63) is 65.2 Å². The van der Waals surface area contributed by atoms with Gasteiger partial charge < -0.3 is 16.2 Å². The van der Waals surface area contributed by atoms with Gasteiger partial charge in [-0.1, -0.05) is 36.9 Å². The molecule has 0 unspecified atom stereocenters. The maximum absolute atomic E-state index is 11.8. The van der Waals surface area contributed by atoms with Gasteiger partial charge in [0.25, 0.3) is 0 Å². The van der Waals surface area contributed by atoms with Crippen LogP contribution < -0.4 is 16.2 Å². The molecule has 0 saturated heterocycles. The minimum atomic E-state index is -0.711. The van der Waals surface area contributed by atoms with Crippen molar-refractivity contribution >= 4 is 5.97 Å². The Morgan fingerprint density at radius 3 is 2.59 bits per heavy atom. The number of esters is 1. The maximum Gasteiger partial charge on any atom is 0.338 e. The molecule has 4 nitrogen and oxygen atoms in total. The van der Waals surface area contributed by atoms with E-state index in [1.165, 1.54) is 11.1 Å². The molecule has 2 aromatic rings. The molecule has 0 amide bonds. The largest absolute Gasteiger partial charge is 0.423 e. The van der Waals surface area contributed by atoms with Crippen LogP contribution in [0, 0.1) is 0 Å². The number of hydrogen-bond acceptors (Lipinski definition) is 4. The molecule has 0 aliphatic heterocycles. The zero-order chi connectivity index (χ0) is 15.9. The molecule has 0 fully saturated rings. The van der Waals surface area contributed by atoms with Gasteiger partial charge in [-0.25, -0.2) is 4.79 Å². The Hall–Kier alpha value is -2.43. The number of benzene rings is 2. The van der Waals surface area contributed by atoms with E-state index in [2.05, 4.69) is 18.7 Å². The first-order valence-electron chi connectivity index (χ1n) is 7.12. The normalized spacial score (nSPS) is 12.0. The van der Waals surface area contributed by atoms with Crippen LogP contribution >= 0.6 is 0 Å². The third-order valence-corrected chi connectivity index (χ3v) is 3.88. The Kier molecular flexibility index (Phi) is 3.56. The van der Waals surface area contributed by atoms with E-state index < -0.39 is 12.1 Å². The van der Waals surface area contributed by atoms with Crippen LogP contribution in [0.25, 0.3) is 11.1 Å². The minimum Gasteiger partial charge on any atom is -0.423 e. The molecule has 4 heteroatoms. The summed E-state index contributed by atoms with van der Waals surface area (Å²) in [7, 11) is 0. The van der Waals surface area contributed by atoms with E-state index in [1.807, 2.05) is 18.2 Å². The molecule has 22 heavy (non-hydrogen) atoms. The molecule has 2 aromatic carbocycles. The molecule has 3 rings (SSSR count). The number of nitrogens with two attached hydrogens (primary N) is 2. The molecular weight excluding hydrogens is 276 g/mol. The number of ether oxygens (including phenoxy) is 1. The first-order valence-corrected chi connectivity index (χ1v) is 7.12. The number of rotatable bonds is 3. The van der Waals surface area contributed by atoms with Gasteiger partial charge in [0.2, 0.25) is 0 Å². The van der Waals surface area contributed by atoms with Crippen molar-refractivity contribution in [3.8, 4) is 16.9 Å². The van der Waals surface area contributed by atoms with Crippen molar-refractivity contribution in [2.75, 3.05) is 0 Å². The summed E-state index contributed by atoms with van der Waals surface area (Å²) in [4.78, 5) is 11.8. The SMILES string of the molecule is C=C(C)C(=O)Oc1ccc2c(c1C(N)N)Cc1ccccc1-2. The first-order chi connectivity index (χ1) is 10.5. The van der Waals surface area contributed by atoms with Gasteiger partial charge in [-0.3, -0.25) is 0 Å². The maximum atomic E-state index is 11.8. The molecule has 0 saturated carbocycles. The molecule has 0 radical (unpaired) electrons. The summed E-state index contributed by atoms with van der Waals surface area (Å²) in [6.07, 6.45) is 0.0293. The van der Waals surface area contributed by atoms with E-state index in [4.69, 9.17) is 16.2 Å². The third-order valence-electron chi connectivity index (χ3n) is 3.88. The van der Waals surface area contributed by atoms with E-state index in [1.54, 1.807) is 13.0 Å². The van der Waals surface area contributed by atoms with Gasteiger partial charge in [-0.05, 0) is 41.7 Å². The van der Waals surface area contributed by atoms with Crippen LogP contribution in [0.15, 0.2) is 48.6 Å². The van der Waals surface area contributed by atoms with Crippen molar-refractivity contribution in [1.29, 1.82) is 0 Å². The number of carbonyl (C=O) groups is 1. The Morgan fingerprint density at radius 1 is 1.18 bits per heavy atom. The molecule has 0 atom stereocenters. The number of carbonyl (C=O) groups excluding carboxylic acids is 1. The fourth-order valence-electron chi connectivity index (χ4n) is 2.86. The summed E-state index contributed by atoms with van der Waals surface area (Å²) in [6, 6.07) is 11.9. The van der Waals surface area contributed by atoms with E-state index in [0.29, 0.717) is 16.9 Å². The van der Waals surface area contributed by atoms with Gasteiger partial charge in [0.1, 0.15) is 5.75 Å². The molecular formula is C18H18N2O2. The Morgan fingerprint density at radius 2 is 1.91 bits per heavy atom. The highest BCUT2D eigenvalue weighted by molar-refractivity contribution is 5.89. The average Bonchev–Trinajstić information content (AvgIpc) is 2.84. The second-order valence-corrected chi connectivity index (χ2v) is 5.53. The summed E-state index contributed by atoms with van der Waals surface area (Å²) >= 11 is 0. The summed E-state index contributed by atoms with van der Waals surface area (Å²) in [5.41, 5.74) is 17.4. The second-order valence-electron chi connectivity index (χ2n) is 5.53. The predicted molar refractivity (Wildman–Crippen MR) is 86.2 cm³/mol. The second kappa shape index (κ2) is 5.40. The van der Waals surface area contributed by atoms with Crippen LogP contribution in [0.3, 0.4) is 0 Å². The zero-order valence-corrected chi connectivity index (χ0v) is 12.4. The van der Waals surface area contributed by atoms with Crippen LogP contribution in [0.2, 0.25) is 0 Å². The van der Waals surface area contributed by atoms with Crippen LogP contribution in [0.4, 0.5) is 0 Å². The van der Waals surface area contributed by atoms with Gasteiger partial charge in [0.15, 0.2) is 0 Å². The highest BCUT2D eigenvalue weighted by Gasteiger charge is 2.26. The topological polar surface area (TPSA) is 78.3 Å². The smallest absolute Gasteiger partial charge is 0.338 e. The van der Waals surface area contributed by atoms with Crippen LogP contribution in [0.1, 0.15) is 29.8 Å². The van der Waals surface area contributed by atoms with Crippen molar-refractivity contribution in [2.24, 2.45) is 11.5 Å². The Labute approximate surface area is 129 Å². The van der Waals surface area contributed by atoms with Gasteiger partial charge >= 0.3 is 5.97 Å². The lowest BCUT2D eigenvalue weighted by atomic mass is 9.98. The van der Waals surface area contributed by atoms with Crippen molar-refractivity contribution < 1.29 is 9.53 Å². The van der Waals surface area contributed by atoms with Crippen molar-refractivity contribution in [2.45, 2.75) is 19.5 Å². The van der Waals surface area contributed by atoms with Gasteiger partial charge in [-0.2, -0.15) is 0 Å². The standard InChI is InChI=1S/C18H18N2O2/c1-10(2)18(21)22-15-8-7-13-12-6-4-3-5-11(12)9-14(13)16(15)17(19)20/h3-8,17H,1,9,19-20H2,2H3. The van der Waals surface area contributed by atoms with Crippen molar-refractivity contribution in [1.82, 2.24) is 0 Å². The van der Waals surface area contributed by atoms with Gasteiger partial charge in [-0.15, -0.1) is 0 Å². The average molecular weight is 294 g/mol. The monoisotopic (exact) mass is 294 g/mol. The lowest BCUT2D eigenvalue weighted by Gasteiger charge is -2.17. The molecule has 4 N–H and O–H groups in total. The molecule has 1 aliphatic rings. The summed E-state index contributed by atoms with van der Waals surface area (Å²) in [6.45, 7) is 5.20. The molecule has 1 aliphatic carbocycles. The lowest BCUT2D eigenvalue weighted by molar-refractivity contribution is -0.130. The summed E-state index contributed by atoms with van der Waals surface area (Å²) < 4.78 is 5.39. The van der Waals surface area contributed by atoms with E-state index in [0.717, 1.165) is 17.5 Å². The van der Waals surface area contributed by atoms with Gasteiger partial charge in [0, 0.05) is 11.1 Å². The third kappa shape index (κ3) is 2.32. The molecule has 0 bridgehead atoms. The predicted octanol–water partition coefficient (Wildman–Crippen LogP) is 2.66. The first kappa shape index (κ1) is 14.5. The van der Waals surface area contributed by atoms with E-state index >= 15 is 0 Å². The van der Waals surface area contributed by atoms with Crippen molar-refractivity contribution in [3.63, 3.8) is 0 Å². The van der Waals surface area contributed by atoms with Gasteiger partial charge in [0.05, 0.1) is 6.17 Å². The molecule has 0 aromatic heterocycles. The van der Waals surface area contributed by atoms with Crippen LogP contribution in [-0.4, -0.2) is 5.97 Å². The quantitative estimate of drug-likeness (QED) is 0.337. The van der Waals surface area contributed by atoms with E-state index in [-0.39, 0.29) is 0 Å². The number of fused-ring (bicyclic) bond motifs is 3. The fourth-order valence-corrected chi connectivity index (χ4v) is 2.86. The highest BCUT2D eigenvalue weighted by atomic mass is 16.5. The van der Waals surface area contributed by atoms with E-state index in [9.17, 15) is 4.79 Å². The number of hydrogen-bond donors (Lipinski definition) is 2. The summed E-state index contributed by atoms with van der Waals surface area (Å²) in [5.74, 6) is -0.0630. The molecule has 112 valence electrons. The fraction of sp³-hybridized carbons (Fsp3) is 0.167. The lowest BCUT2D eigenvalue weighted by Crippen LogP contribution is -2.23. The van der Waals surface area contributed by atoms with Crippen LogP contribution in [0.5, 0.6) is 5.75 Å². The molecule has 0 heterocycles. The highest BCUT2D eigenvalue weighted by Crippen LogP contribution is 2.42.